The van der Waals surface area contributed by atoms with E-state index in [9.17, 15) is 0 Å². The van der Waals surface area contributed by atoms with Crippen LogP contribution in [-0.4, -0.2) is 13.1 Å². The van der Waals surface area contributed by atoms with Crippen LogP contribution in [0.15, 0.2) is 18.2 Å². The first-order chi connectivity index (χ1) is 7.16. The molecule has 2 nitrogen and oxygen atoms in total. The molecule has 1 saturated heterocycles. The van der Waals surface area contributed by atoms with Gasteiger partial charge in [0.2, 0.25) is 0 Å². The lowest BCUT2D eigenvalue weighted by Crippen LogP contribution is -2.33. The molecule has 0 aliphatic carbocycles. The van der Waals surface area contributed by atoms with Crippen LogP contribution in [0.5, 0.6) is 0 Å². The smallest absolute Gasteiger partial charge is 0.0600 e. The first-order valence-corrected chi connectivity index (χ1v) is 5.84. The van der Waals surface area contributed by atoms with Gasteiger partial charge in [0.1, 0.15) is 0 Å². The Hall–Kier alpha value is -0.890. The normalized spacial score (nSPS) is 18.1. The van der Waals surface area contributed by atoms with Crippen molar-refractivity contribution in [2.24, 2.45) is 5.92 Å². The fourth-order valence-electron chi connectivity index (χ4n) is 2.06. The molecule has 1 aromatic rings. The molecule has 0 radical (unpaired) electrons. The number of benzene rings is 1. The summed E-state index contributed by atoms with van der Waals surface area (Å²) in [5, 5.41) is 0.710. The van der Waals surface area contributed by atoms with E-state index in [1.165, 1.54) is 12.8 Å². The summed E-state index contributed by atoms with van der Waals surface area (Å²) in [6, 6.07) is 5.76. The number of piperidine rings is 1. The van der Waals surface area contributed by atoms with Crippen LogP contribution in [0.3, 0.4) is 0 Å². The Morgan fingerprint density at radius 1 is 1.33 bits per heavy atom. The molecule has 2 N–H and O–H groups in total. The van der Waals surface area contributed by atoms with Gasteiger partial charge in [-0.3, -0.25) is 0 Å². The van der Waals surface area contributed by atoms with E-state index >= 15 is 0 Å². The van der Waals surface area contributed by atoms with E-state index < -0.39 is 0 Å². The van der Waals surface area contributed by atoms with Crippen molar-refractivity contribution >= 4 is 23.0 Å². The van der Waals surface area contributed by atoms with E-state index in [1.807, 2.05) is 18.2 Å². The Kier molecular flexibility index (Phi) is 3.06. The molecule has 1 aliphatic heterocycles. The second-order valence-corrected chi connectivity index (χ2v) is 4.81. The van der Waals surface area contributed by atoms with Crippen molar-refractivity contribution in [2.75, 3.05) is 23.7 Å². The highest BCUT2D eigenvalue weighted by atomic mass is 35.5. The maximum Gasteiger partial charge on any atom is 0.0600 e. The van der Waals surface area contributed by atoms with Crippen LogP contribution >= 0.6 is 11.6 Å². The number of anilines is 2. The van der Waals surface area contributed by atoms with E-state index in [0.717, 1.165) is 30.4 Å². The van der Waals surface area contributed by atoms with Gasteiger partial charge in [-0.15, -0.1) is 0 Å². The van der Waals surface area contributed by atoms with Crippen LogP contribution < -0.4 is 10.6 Å². The summed E-state index contributed by atoms with van der Waals surface area (Å²) < 4.78 is 0. The summed E-state index contributed by atoms with van der Waals surface area (Å²) in [7, 11) is 0. The maximum atomic E-state index is 5.96. The summed E-state index contributed by atoms with van der Waals surface area (Å²) in [6.07, 6.45) is 2.50. The fraction of sp³-hybridized carbons (Fsp3) is 0.500. The molecule has 1 aliphatic rings. The molecule has 0 aromatic heterocycles. The van der Waals surface area contributed by atoms with Crippen LogP contribution in [0.1, 0.15) is 19.8 Å². The lowest BCUT2D eigenvalue weighted by Gasteiger charge is -2.32. The van der Waals surface area contributed by atoms with Gasteiger partial charge in [-0.1, -0.05) is 18.5 Å². The number of hydrogen-bond acceptors (Lipinski definition) is 2. The van der Waals surface area contributed by atoms with Crippen molar-refractivity contribution in [1.82, 2.24) is 0 Å². The maximum absolute atomic E-state index is 5.96. The molecule has 3 heteroatoms. The zero-order valence-electron chi connectivity index (χ0n) is 9.04. The first-order valence-electron chi connectivity index (χ1n) is 5.47. The highest BCUT2D eigenvalue weighted by molar-refractivity contribution is 6.31. The molecule has 0 saturated carbocycles. The predicted molar refractivity (Wildman–Crippen MR) is 66.5 cm³/mol. The molecular weight excluding hydrogens is 208 g/mol. The summed E-state index contributed by atoms with van der Waals surface area (Å²) in [5.41, 5.74) is 7.88. The topological polar surface area (TPSA) is 29.3 Å². The summed E-state index contributed by atoms with van der Waals surface area (Å²) in [4.78, 5) is 2.35. The number of nitrogen functional groups attached to an aromatic ring is 1. The third-order valence-electron chi connectivity index (χ3n) is 3.11. The Morgan fingerprint density at radius 2 is 2.00 bits per heavy atom. The molecule has 0 bridgehead atoms. The largest absolute Gasteiger partial charge is 0.397 e. The highest BCUT2D eigenvalue weighted by Crippen LogP contribution is 2.29. The molecule has 15 heavy (non-hydrogen) atoms. The van der Waals surface area contributed by atoms with E-state index in [4.69, 9.17) is 17.3 Å². The highest BCUT2D eigenvalue weighted by Gasteiger charge is 2.17. The van der Waals surface area contributed by atoms with Crippen molar-refractivity contribution in [2.45, 2.75) is 19.8 Å². The van der Waals surface area contributed by atoms with Crippen LogP contribution in [-0.2, 0) is 0 Å². The number of halogens is 1. The molecular formula is C12H17ClN2. The molecule has 0 spiro atoms. The lowest BCUT2D eigenvalue weighted by molar-refractivity contribution is 0.439. The fourth-order valence-corrected chi connectivity index (χ4v) is 2.24. The minimum Gasteiger partial charge on any atom is -0.397 e. The zero-order chi connectivity index (χ0) is 10.8. The molecule has 82 valence electrons. The van der Waals surface area contributed by atoms with Crippen LogP contribution in [0.25, 0.3) is 0 Å². The zero-order valence-corrected chi connectivity index (χ0v) is 9.80. The van der Waals surface area contributed by atoms with E-state index in [1.54, 1.807) is 0 Å². The molecule has 1 heterocycles. The molecule has 1 aromatic carbocycles. The van der Waals surface area contributed by atoms with E-state index in [2.05, 4.69) is 11.8 Å². The summed E-state index contributed by atoms with van der Waals surface area (Å²) in [5.74, 6) is 0.842. The number of hydrogen-bond donors (Lipinski definition) is 1. The summed E-state index contributed by atoms with van der Waals surface area (Å²) in [6.45, 7) is 4.52. The SMILES string of the molecule is CC1CCN(c2ccc(Cl)cc2N)CC1. The average Bonchev–Trinajstić information content (AvgIpc) is 2.20. The molecule has 0 unspecified atom stereocenters. The number of nitrogens with two attached hydrogens (primary N) is 1. The van der Waals surface area contributed by atoms with E-state index in [0.29, 0.717) is 5.02 Å². The lowest BCUT2D eigenvalue weighted by atomic mass is 9.98. The van der Waals surface area contributed by atoms with Gasteiger partial charge >= 0.3 is 0 Å². The number of nitrogens with zero attached hydrogens (tertiary/aromatic N) is 1. The van der Waals surface area contributed by atoms with Gasteiger partial charge in [0.15, 0.2) is 0 Å². The quantitative estimate of drug-likeness (QED) is 0.743. The Labute approximate surface area is 96.0 Å². The average molecular weight is 225 g/mol. The third kappa shape index (κ3) is 2.37. The van der Waals surface area contributed by atoms with Crippen molar-refractivity contribution in [3.8, 4) is 0 Å². The predicted octanol–water partition coefficient (Wildman–Crippen LogP) is 3.16. The van der Waals surface area contributed by atoms with Crippen LogP contribution in [0.4, 0.5) is 11.4 Å². The molecule has 2 rings (SSSR count). The summed E-state index contributed by atoms with van der Waals surface area (Å²) >= 11 is 5.88. The second kappa shape index (κ2) is 4.31. The van der Waals surface area contributed by atoms with Crippen molar-refractivity contribution in [1.29, 1.82) is 0 Å². The van der Waals surface area contributed by atoms with E-state index in [-0.39, 0.29) is 0 Å². The van der Waals surface area contributed by atoms with Gasteiger partial charge in [-0.25, -0.2) is 0 Å². The van der Waals surface area contributed by atoms with Crippen LogP contribution in [0, 0.1) is 5.92 Å². The van der Waals surface area contributed by atoms with Crippen molar-refractivity contribution < 1.29 is 0 Å². The van der Waals surface area contributed by atoms with Gasteiger partial charge in [0.05, 0.1) is 11.4 Å². The number of rotatable bonds is 1. The Balaban J connectivity index is 2.15. The Morgan fingerprint density at radius 3 is 2.60 bits per heavy atom. The molecule has 0 atom stereocenters. The first kappa shape index (κ1) is 10.6. The van der Waals surface area contributed by atoms with Gasteiger partial charge in [0, 0.05) is 18.1 Å². The van der Waals surface area contributed by atoms with Gasteiger partial charge < -0.3 is 10.6 Å². The van der Waals surface area contributed by atoms with Crippen molar-refractivity contribution in [3.05, 3.63) is 23.2 Å². The second-order valence-electron chi connectivity index (χ2n) is 4.37. The minimum absolute atomic E-state index is 0.710. The Bertz CT molecular complexity index is 343. The van der Waals surface area contributed by atoms with Crippen LogP contribution in [0.2, 0.25) is 5.02 Å². The molecule has 0 amide bonds. The standard InChI is InChI=1S/C12H17ClN2/c1-9-4-6-15(7-5-9)12-3-2-10(13)8-11(12)14/h2-3,8-9H,4-7,14H2,1H3. The monoisotopic (exact) mass is 224 g/mol. The minimum atomic E-state index is 0.710. The molecule has 1 fully saturated rings. The third-order valence-corrected chi connectivity index (χ3v) is 3.35. The van der Waals surface area contributed by atoms with Gasteiger partial charge in [0.25, 0.3) is 0 Å². The van der Waals surface area contributed by atoms with Crippen molar-refractivity contribution in [3.63, 3.8) is 0 Å². The van der Waals surface area contributed by atoms with Gasteiger partial charge in [-0.2, -0.15) is 0 Å². The van der Waals surface area contributed by atoms with Gasteiger partial charge in [-0.05, 0) is 37.0 Å².